The van der Waals surface area contributed by atoms with Crippen molar-refractivity contribution in [1.82, 2.24) is 0 Å². The Hall–Kier alpha value is -2.64. The summed E-state index contributed by atoms with van der Waals surface area (Å²) >= 11 is 6.61. The van der Waals surface area contributed by atoms with Gasteiger partial charge in [-0.15, -0.1) is 0 Å². The Bertz CT molecular complexity index is 920. The second-order valence-corrected chi connectivity index (χ2v) is 7.93. The molecular weight excluding hydrogens is 396 g/mol. The van der Waals surface area contributed by atoms with E-state index in [1.54, 1.807) is 20.8 Å². The normalized spacial score (nSPS) is 12.4. The van der Waals surface area contributed by atoms with Crippen molar-refractivity contribution in [3.63, 3.8) is 0 Å². The zero-order valence-corrected chi connectivity index (χ0v) is 18.1. The number of ether oxygens (including phenoxy) is 2. The minimum absolute atomic E-state index is 0.0388. The smallest absolute Gasteiger partial charge is 0.339 e. The Morgan fingerprint density at radius 2 is 1.83 bits per heavy atom. The maximum atomic E-state index is 12.6. The first-order valence-corrected chi connectivity index (χ1v) is 9.39. The molecule has 0 saturated carbocycles. The lowest BCUT2D eigenvalue weighted by Crippen LogP contribution is -2.29. The van der Waals surface area contributed by atoms with Crippen LogP contribution in [0.3, 0.4) is 0 Å². The molecule has 1 atom stereocenters. The van der Waals surface area contributed by atoms with Gasteiger partial charge in [0.05, 0.1) is 22.7 Å². The SMILES string of the molecule is CNc1c([N+](=O)[O-])cc(-c2ccc(C)cc2)c(C(OC(C)(C)C)C(=O)OC)c1Cl. The summed E-state index contributed by atoms with van der Waals surface area (Å²) in [6.45, 7) is 7.33. The van der Waals surface area contributed by atoms with Gasteiger partial charge in [0.2, 0.25) is 0 Å². The number of anilines is 1. The Labute approximate surface area is 175 Å². The Morgan fingerprint density at radius 1 is 1.24 bits per heavy atom. The number of methoxy groups -OCH3 is 1. The average molecular weight is 421 g/mol. The van der Waals surface area contributed by atoms with Crippen molar-refractivity contribution in [3.05, 3.63) is 56.6 Å². The van der Waals surface area contributed by atoms with Gasteiger partial charge in [-0.2, -0.15) is 0 Å². The van der Waals surface area contributed by atoms with Crippen LogP contribution in [0.2, 0.25) is 5.02 Å². The predicted octanol–water partition coefficient (Wildman–Crippen LogP) is 5.29. The van der Waals surface area contributed by atoms with E-state index in [-0.39, 0.29) is 16.4 Å². The van der Waals surface area contributed by atoms with Gasteiger partial charge in [0.25, 0.3) is 5.69 Å². The van der Waals surface area contributed by atoms with E-state index in [9.17, 15) is 14.9 Å². The Balaban J connectivity index is 2.90. The van der Waals surface area contributed by atoms with Crippen LogP contribution in [-0.2, 0) is 14.3 Å². The zero-order chi connectivity index (χ0) is 21.9. The second-order valence-electron chi connectivity index (χ2n) is 7.55. The quantitative estimate of drug-likeness (QED) is 0.387. The van der Waals surface area contributed by atoms with Crippen molar-refractivity contribution >= 4 is 28.9 Å². The number of halogens is 1. The van der Waals surface area contributed by atoms with Crippen molar-refractivity contribution in [3.8, 4) is 11.1 Å². The van der Waals surface area contributed by atoms with Gasteiger partial charge in [0.15, 0.2) is 6.10 Å². The molecule has 0 amide bonds. The summed E-state index contributed by atoms with van der Waals surface area (Å²) in [5.41, 5.74) is 1.65. The molecule has 156 valence electrons. The highest BCUT2D eigenvalue weighted by Crippen LogP contribution is 2.46. The monoisotopic (exact) mass is 420 g/mol. The maximum Gasteiger partial charge on any atom is 0.339 e. The first kappa shape index (κ1) is 22.6. The molecule has 0 saturated heterocycles. The largest absolute Gasteiger partial charge is 0.467 e. The lowest BCUT2D eigenvalue weighted by atomic mass is 9.93. The van der Waals surface area contributed by atoms with Crippen molar-refractivity contribution in [2.75, 3.05) is 19.5 Å². The molecule has 0 bridgehead atoms. The number of hydrogen-bond acceptors (Lipinski definition) is 6. The molecule has 1 unspecified atom stereocenters. The van der Waals surface area contributed by atoms with E-state index in [2.05, 4.69) is 5.32 Å². The third-order valence-electron chi connectivity index (χ3n) is 4.24. The number of aryl methyl sites for hydroxylation is 1. The Morgan fingerprint density at radius 3 is 2.28 bits per heavy atom. The van der Waals surface area contributed by atoms with Crippen molar-refractivity contribution in [1.29, 1.82) is 0 Å². The van der Waals surface area contributed by atoms with E-state index in [4.69, 9.17) is 21.1 Å². The van der Waals surface area contributed by atoms with E-state index in [0.29, 0.717) is 16.7 Å². The number of nitrogens with zero attached hydrogens (tertiary/aromatic N) is 1. The van der Waals surface area contributed by atoms with Gasteiger partial charge in [0.1, 0.15) is 5.69 Å². The number of rotatable bonds is 6. The Kier molecular flexibility index (Phi) is 6.87. The van der Waals surface area contributed by atoms with Gasteiger partial charge in [0, 0.05) is 18.7 Å². The summed E-state index contributed by atoms with van der Waals surface area (Å²) in [7, 11) is 2.78. The fourth-order valence-corrected chi connectivity index (χ4v) is 3.34. The topological polar surface area (TPSA) is 90.7 Å². The molecule has 2 rings (SSSR count). The second kappa shape index (κ2) is 8.80. The predicted molar refractivity (Wildman–Crippen MR) is 113 cm³/mol. The zero-order valence-electron chi connectivity index (χ0n) is 17.3. The lowest BCUT2D eigenvalue weighted by Gasteiger charge is -2.28. The molecule has 0 aliphatic carbocycles. The maximum absolute atomic E-state index is 12.6. The number of esters is 1. The fourth-order valence-electron chi connectivity index (χ4n) is 2.95. The number of nitro groups is 1. The van der Waals surface area contributed by atoms with Crippen LogP contribution in [0, 0.1) is 17.0 Å². The van der Waals surface area contributed by atoms with Crippen molar-refractivity contribution in [2.24, 2.45) is 0 Å². The van der Waals surface area contributed by atoms with Crippen molar-refractivity contribution < 1.29 is 19.2 Å². The van der Waals surface area contributed by atoms with Crippen LogP contribution in [0.1, 0.15) is 38.0 Å². The van der Waals surface area contributed by atoms with Gasteiger partial charge in [-0.3, -0.25) is 10.1 Å². The number of carbonyl (C=O) groups excluding carboxylic acids is 1. The molecule has 0 fully saturated rings. The molecule has 8 heteroatoms. The van der Waals surface area contributed by atoms with Crippen LogP contribution in [0.4, 0.5) is 11.4 Å². The molecule has 1 N–H and O–H groups in total. The highest BCUT2D eigenvalue weighted by atomic mass is 35.5. The van der Waals surface area contributed by atoms with Crippen LogP contribution in [0.25, 0.3) is 11.1 Å². The van der Waals surface area contributed by atoms with E-state index < -0.39 is 22.6 Å². The molecular formula is C21H25ClN2O5. The standard InChI is InChI=1S/C21H25ClN2O5/c1-12-7-9-13(10-8-12)14-11-15(24(26)27)18(23-5)17(22)16(14)19(20(25)28-6)29-21(2,3)4/h7-11,19,23H,1-6H3. The highest BCUT2D eigenvalue weighted by molar-refractivity contribution is 6.35. The summed E-state index contributed by atoms with van der Waals surface area (Å²) in [5.74, 6) is -0.647. The van der Waals surface area contributed by atoms with Crippen LogP contribution in [-0.4, -0.2) is 30.7 Å². The van der Waals surface area contributed by atoms with E-state index >= 15 is 0 Å². The average Bonchev–Trinajstić information content (AvgIpc) is 2.64. The molecule has 2 aromatic rings. The minimum atomic E-state index is -1.17. The summed E-state index contributed by atoms with van der Waals surface area (Å²) in [5, 5.41) is 14.5. The molecule has 0 heterocycles. The van der Waals surface area contributed by atoms with Crippen LogP contribution >= 0.6 is 11.6 Å². The van der Waals surface area contributed by atoms with Gasteiger partial charge >= 0.3 is 5.97 Å². The minimum Gasteiger partial charge on any atom is -0.467 e. The third-order valence-corrected chi connectivity index (χ3v) is 4.63. The number of carbonyl (C=O) groups is 1. The van der Waals surface area contributed by atoms with E-state index in [0.717, 1.165) is 5.56 Å². The summed E-state index contributed by atoms with van der Waals surface area (Å²) in [4.78, 5) is 23.8. The van der Waals surface area contributed by atoms with Crippen molar-refractivity contribution in [2.45, 2.75) is 39.4 Å². The number of nitrogens with one attached hydrogen (secondary N) is 1. The lowest BCUT2D eigenvalue weighted by molar-refractivity contribution is -0.383. The van der Waals surface area contributed by atoms with E-state index in [1.807, 2.05) is 31.2 Å². The highest BCUT2D eigenvalue weighted by Gasteiger charge is 2.35. The van der Waals surface area contributed by atoms with Crippen LogP contribution in [0.15, 0.2) is 30.3 Å². The number of benzene rings is 2. The van der Waals surface area contributed by atoms with Gasteiger partial charge in [-0.05, 0) is 38.8 Å². The number of hydrogen-bond donors (Lipinski definition) is 1. The van der Waals surface area contributed by atoms with Gasteiger partial charge < -0.3 is 14.8 Å². The van der Waals surface area contributed by atoms with Crippen LogP contribution in [0.5, 0.6) is 0 Å². The molecule has 7 nitrogen and oxygen atoms in total. The molecule has 29 heavy (non-hydrogen) atoms. The van der Waals surface area contributed by atoms with Gasteiger partial charge in [-0.1, -0.05) is 41.4 Å². The summed E-state index contributed by atoms with van der Waals surface area (Å²) in [6.07, 6.45) is -1.17. The molecule has 2 aromatic carbocycles. The third kappa shape index (κ3) is 5.05. The summed E-state index contributed by atoms with van der Waals surface area (Å²) in [6, 6.07) is 8.79. The molecule has 0 radical (unpaired) electrons. The molecule has 0 aliphatic heterocycles. The molecule has 0 spiro atoms. The number of nitro benzene ring substituents is 1. The molecule has 0 aromatic heterocycles. The van der Waals surface area contributed by atoms with Gasteiger partial charge in [-0.25, -0.2) is 4.79 Å². The fraction of sp³-hybridized carbons (Fsp3) is 0.381. The summed E-state index contributed by atoms with van der Waals surface area (Å²) < 4.78 is 10.9. The first-order valence-electron chi connectivity index (χ1n) is 9.01. The van der Waals surface area contributed by atoms with E-state index in [1.165, 1.54) is 20.2 Å². The van der Waals surface area contributed by atoms with Crippen LogP contribution < -0.4 is 5.32 Å². The first-order chi connectivity index (χ1) is 13.5. The molecule has 0 aliphatic rings.